The zero-order valence-corrected chi connectivity index (χ0v) is 11.7. The molecule has 0 saturated carbocycles. The number of aromatic nitrogens is 1. The third-order valence-corrected chi connectivity index (χ3v) is 3.77. The van der Waals surface area contributed by atoms with Gasteiger partial charge in [-0.1, -0.05) is 6.92 Å². The molecule has 2 rings (SSSR count). The van der Waals surface area contributed by atoms with E-state index in [-0.39, 0.29) is 5.91 Å². The molecule has 0 radical (unpaired) electrons. The van der Waals surface area contributed by atoms with Crippen molar-refractivity contribution in [1.82, 2.24) is 9.47 Å². The number of hydrogen-bond acceptors (Lipinski definition) is 2. The molecular weight excluding hydrogens is 284 g/mol. The van der Waals surface area contributed by atoms with E-state index in [2.05, 4.69) is 15.9 Å². The van der Waals surface area contributed by atoms with E-state index in [4.69, 9.17) is 0 Å². The predicted octanol–water partition coefficient (Wildman–Crippen LogP) is 1.87. The standard InChI is InChI=1S/C12H17BrN2O2/c1-3-12(17)7-15(8-12)11(16)10-5-9(13)6-14(10)4-2/h5-6,17H,3-4,7-8H2,1-2H3. The number of carbonyl (C=O) groups is 1. The molecule has 1 aliphatic heterocycles. The van der Waals surface area contributed by atoms with Crippen LogP contribution in [0.4, 0.5) is 0 Å². The molecule has 0 aliphatic carbocycles. The Kier molecular flexibility index (Phi) is 3.32. The molecule has 1 fully saturated rings. The third-order valence-electron chi connectivity index (χ3n) is 3.34. The van der Waals surface area contributed by atoms with Gasteiger partial charge in [-0.3, -0.25) is 4.79 Å². The molecule has 2 heterocycles. The van der Waals surface area contributed by atoms with Crippen molar-refractivity contribution in [1.29, 1.82) is 0 Å². The molecule has 0 atom stereocenters. The van der Waals surface area contributed by atoms with Crippen molar-refractivity contribution < 1.29 is 9.90 Å². The van der Waals surface area contributed by atoms with Crippen LogP contribution < -0.4 is 0 Å². The Morgan fingerprint density at radius 2 is 2.18 bits per heavy atom. The Morgan fingerprint density at radius 3 is 2.71 bits per heavy atom. The smallest absolute Gasteiger partial charge is 0.270 e. The third kappa shape index (κ3) is 2.26. The number of rotatable bonds is 3. The van der Waals surface area contributed by atoms with Crippen LogP contribution in [-0.4, -0.2) is 39.2 Å². The molecule has 1 amide bonds. The van der Waals surface area contributed by atoms with Gasteiger partial charge in [0, 0.05) is 17.2 Å². The van der Waals surface area contributed by atoms with Gasteiger partial charge < -0.3 is 14.6 Å². The summed E-state index contributed by atoms with van der Waals surface area (Å²) >= 11 is 3.38. The van der Waals surface area contributed by atoms with Crippen molar-refractivity contribution in [2.24, 2.45) is 0 Å². The number of aliphatic hydroxyl groups is 1. The first kappa shape index (κ1) is 12.6. The second-order valence-electron chi connectivity index (χ2n) is 4.57. The summed E-state index contributed by atoms with van der Waals surface area (Å²) in [5.74, 6) is -0.00400. The molecule has 1 aromatic heterocycles. The van der Waals surface area contributed by atoms with Gasteiger partial charge in [-0.05, 0) is 35.3 Å². The lowest BCUT2D eigenvalue weighted by molar-refractivity contribution is -0.0829. The number of hydrogen-bond donors (Lipinski definition) is 1. The van der Waals surface area contributed by atoms with Crippen LogP contribution in [0.25, 0.3) is 0 Å². The van der Waals surface area contributed by atoms with Crippen LogP contribution in [0, 0.1) is 0 Å². The van der Waals surface area contributed by atoms with Crippen molar-refractivity contribution in [2.45, 2.75) is 32.4 Å². The molecule has 5 heteroatoms. The lowest BCUT2D eigenvalue weighted by Crippen LogP contribution is -2.63. The lowest BCUT2D eigenvalue weighted by Gasteiger charge is -2.46. The summed E-state index contributed by atoms with van der Waals surface area (Å²) in [6.45, 7) is 5.58. The van der Waals surface area contributed by atoms with Crippen LogP contribution in [0.5, 0.6) is 0 Å². The topological polar surface area (TPSA) is 45.5 Å². The second kappa shape index (κ2) is 4.46. The van der Waals surface area contributed by atoms with Crippen LogP contribution in [0.3, 0.4) is 0 Å². The first-order valence-electron chi connectivity index (χ1n) is 5.86. The summed E-state index contributed by atoms with van der Waals surface area (Å²) < 4.78 is 2.82. The number of aryl methyl sites for hydroxylation is 1. The summed E-state index contributed by atoms with van der Waals surface area (Å²) in [7, 11) is 0. The summed E-state index contributed by atoms with van der Waals surface area (Å²) in [6, 6.07) is 1.83. The highest BCUT2D eigenvalue weighted by atomic mass is 79.9. The SMILES string of the molecule is CCn1cc(Br)cc1C(=O)N1CC(O)(CC)C1. The first-order chi connectivity index (χ1) is 7.99. The van der Waals surface area contributed by atoms with Gasteiger partial charge in [-0.25, -0.2) is 0 Å². The van der Waals surface area contributed by atoms with Crippen molar-refractivity contribution in [3.63, 3.8) is 0 Å². The van der Waals surface area contributed by atoms with E-state index in [0.717, 1.165) is 11.0 Å². The molecule has 0 spiro atoms. The molecule has 0 unspecified atom stereocenters. The van der Waals surface area contributed by atoms with Crippen LogP contribution in [-0.2, 0) is 6.54 Å². The zero-order valence-electron chi connectivity index (χ0n) is 10.1. The fraction of sp³-hybridized carbons (Fsp3) is 0.583. The molecule has 17 heavy (non-hydrogen) atoms. The molecule has 0 bridgehead atoms. The van der Waals surface area contributed by atoms with Gasteiger partial charge in [-0.2, -0.15) is 0 Å². The monoisotopic (exact) mass is 300 g/mol. The number of β-amino-alcohol motifs (C(OH)–C–C–N with tert-alkyl or cyclic N) is 1. The van der Waals surface area contributed by atoms with Crippen molar-refractivity contribution in [3.05, 3.63) is 22.4 Å². The normalized spacial score (nSPS) is 18.0. The average Bonchev–Trinajstić information content (AvgIpc) is 2.65. The first-order valence-corrected chi connectivity index (χ1v) is 6.65. The summed E-state index contributed by atoms with van der Waals surface area (Å²) in [5, 5.41) is 9.91. The highest BCUT2D eigenvalue weighted by Crippen LogP contribution is 2.26. The second-order valence-corrected chi connectivity index (χ2v) is 5.48. The van der Waals surface area contributed by atoms with E-state index in [9.17, 15) is 9.90 Å². The molecule has 94 valence electrons. The average molecular weight is 301 g/mol. The molecule has 1 N–H and O–H groups in total. The fourth-order valence-electron chi connectivity index (χ4n) is 2.11. The number of amides is 1. The van der Waals surface area contributed by atoms with Gasteiger partial charge in [0.05, 0.1) is 18.7 Å². The molecule has 1 aromatic rings. The number of carbonyl (C=O) groups excluding carboxylic acids is 1. The van der Waals surface area contributed by atoms with Gasteiger partial charge in [0.1, 0.15) is 5.69 Å². The van der Waals surface area contributed by atoms with E-state index in [1.54, 1.807) is 4.90 Å². The number of nitrogens with zero attached hydrogens (tertiary/aromatic N) is 2. The molecule has 4 nitrogen and oxygen atoms in total. The van der Waals surface area contributed by atoms with Gasteiger partial charge in [0.25, 0.3) is 5.91 Å². The maximum Gasteiger partial charge on any atom is 0.270 e. The Hall–Kier alpha value is -0.810. The van der Waals surface area contributed by atoms with Gasteiger partial charge >= 0.3 is 0 Å². The van der Waals surface area contributed by atoms with Crippen LogP contribution >= 0.6 is 15.9 Å². The van der Waals surface area contributed by atoms with E-state index in [1.165, 1.54) is 0 Å². The largest absolute Gasteiger partial charge is 0.386 e. The van der Waals surface area contributed by atoms with Crippen LogP contribution in [0.15, 0.2) is 16.7 Å². The van der Waals surface area contributed by atoms with Crippen LogP contribution in [0.2, 0.25) is 0 Å². The molecular formula is C12H17BrN2O2. The highest BCUT2D eigenvalue weighted by Gasteiger charge is 2.42. The maximum absolute atomic E-state index is 12.2. The highest BCUT2D eigenvalue weighted by molar-refractivity contribution is 9.10. The number of halogens is 1. The van der Waals surface area contributed by atoms with Gasteiger partial charge in [0.15, 0.2) is 0 Å². The van der Waals surface area contributed by atoms with Crippen molar-refractivity contribution >= 4 is 21.8 Å². The summed E-state index contributed by atoms with van der Waals surface area (Å²) in [5.41, 5.74) is 0.00816. The maximum atomic E-state index is 12.2. The van der Waals surface area contributed by atoms with E-state index < -0.39 is 5.60 Å². The molecule has 1 aliphatic rings. The Morgan fingerprint density at radius 1 is 1.53 bits per heavy atom. The molecule has 1 saturated heterocycles. The Labute approximate surface area is 109 Å². The van der Waals surface area contributed by atoms with Crippen LogP contribution in [0.1, 0.15) is 30.8 Å². The summed E-state index contributed by atoms with van der Waals surface area (Å²) in [4.78, 5) is 13.9. The minimum Gasteiger partial charge on any atom is -0.386 e. The number of likely N-dealkylation sites (tertiary alicyclic amines) is 1. The molecule has 0 aromatic carbocycles. The fourth-order valence-corrected chi connectivity index (χ4v) is 2.57. The lowest BCUT2D eigenvalue weighted by atomic mass is 9.91. The minimum atomic E-state index is -0.670. The minimum absolute atomic E-state index is 0.00400. The van der Waals surface area contributed by atoms with Crippen molar-refractivity contribution in [2.75, 3.05) is 13.1 Å². The van der Waals surface area contributed by atoms with Gasteiger partial charge in [-0.15, -0.1) is 0 Å². The van der Waals surface area contributed by atoms with Crippen molar-refractivity contribution in [3.8, 4) is 0 Å². The zero-order chi connectivity index (χ0) is 12.6. The van der Waals surface area contributed by atoms with Gasteiger partial charge in [0.2, 0.25) is 0 Å². The summed E-state index contributed by atoms with van der Waals surface area (Å²) in [6.07, 6.45) is 2.59. The van der Waals surface area contributed by atoms with E-state index in [1.807, 2.05) is 30.7 Å². The Balaban J connectivity index is 2.11. The van der Waals surface area contributed by atoms with E-state index in [0.29, 0.717) is 25.2 Å². The quantitative estimate of drug-likeness (QED) is 0.926. The van der Waals surface area contributed by atoms with E-state index >= 15 is 0 Å². The predicted molar refractivity (Wildman–Crippen MR) is 69.0 cm³/mol. The Bertz CT molecular complexity index is 436.